The lowest BCUT2D eigenvalue weighted by molar-refractivity contribution is -0.133. The van der Waals surface area contributed by atoms with E-state index in [1.807, 2.05) is 0 Å². The molecule has 0 aliphatic carbocycles. The summed E-state index contributed by atoms with van der Waals surface area (Å²) >= 11 is 0. The van der Waals surface area contributed by atoms with E-state index in [0.717, 1.165) is 31.2 Å². The average Bonchev–Trinajstić information content (AvgIpc) is 2.54. The van der Waals surface area contributed by atoms with Gasteiger partial charge in [0.05, 0.1) is 17.2 Å². The second kappa shape index (κ2) is 7.36. The Morgan fingerprint density at radius 2 is 1.85 bits per heavy atom. The first-order valence-electron chi connectivity index (χ1n) is 7.76. The summed E-state index contributed by atoms with van der Waals surface area (Å²) in [5.74, 6) is -2.04. The van der Waals surface area contributed by atoms with Crippen molar-refractivity contribution in [2.24, 2.45) is 0 Å². The van der Waals surface area contributed by atoms with Gasteiger partial charge in [-0.25, -0.2) is 17.7 Å². The Bertz CT molecular complexity index is 974. The highest BCUT2D eigenvalue weighted by molar-refractivity contribution is 7.91. The van der Waals surface area contributed by atoms with Gasteiger partial charge in [-0.3, -0.25) is 4.79 Å². The van der Waals surface area contributed by atoms with Gasteiger partial charge in [-0.2, -0.15) is 0 Å². The summed E-state index contributed by atoms with van der Waals surface area (Å²) in [5.41, 5.74) is -0.352. The van der Waals surface area contributed by atoms with Crippen LogP contribution in [0, 0.1) is 19.3 Å². The topological polar surface area (TPSA) is 75.8 Å². The molecular weight excluding hydrogens is 357 g/mol. The number of sulfone groups is 1. The minimum atomic E-state index is -3.97. The summed E-state index contributed by atoms with van der Waals surface area (Å²) in [4.78, 5) is 15.6. The standard InChI is InChI=1S/C19H18FNO4S/c1-13-10-14(4-9-17(13)21-3)11-18(22)19(2,23)12-26(24,25)16-7-5-15(20)6-8-16/h4-10,23H,11-12H2,1-2H3/t19-/m0/s1. The predicted molar refractivity (Wildman–Crippen MR) is 95.2 cm³/mol. The van der Waals surface area contributed by atoms with Crippen molar-refractivity contribution in [3.05, 3.63) is 70.8 Å². The zero-order valence-electron chi connectivity index (χ0n) is 14.4. The molecular formula is C19H18FNO4S. The van der Waals surface area contributed by atoms with Crippen LogP contribution in [0.2, 0.25) is 0 Å². The lowest BCUT2D eigenvalue weighted by atomic mass is 9.96. The zero-order chi connectivity index (χ0) is 19.5. The summed E-state index contributed by atoms with van der Waals surface area (Å²) in [5, 5.41) is 10.4. The summed E-state index contributed by atoms with van der Waals surface area (Å²) in [7, 11) is -3.97. The molecule has 2 aromatic rings. The monoisotopic (exact) mass is 375 g/mol. The molecule has 0 heterocycles. The molecule has 0 amide bonds. The molecule has 1 N–H and O–H groups in total. The van der Waals surface area contributed by atoms with Crippen molar-refractivity contribution in [1.82, 2.24) is 0 Å². The van der Waals surface area contributed by atoms with Crippen LogP contribution in [0.15, 0.2) is 47.4 Å². The minimum Gasteiger partial charge on any atom is -0.381 e. The van der Waals surface area contributed by atoms with Crippen molar-refractivity contribution in [1.29, 1.82) is 0 Å². The van der Waals surface area contributed by atoms with Crippen molar-refractivity contribution in [3.63, 3.8) is 0 Å². The fraction of sp³-hybridized carbons (Fsp3) is 0.263. The van der Waals surface area contributed by atoms with Gasteiger partial charge in [0.15, 0.2) is 21.3 Å². The van der Waals surface area contributed by atoms with Crippen molar-refractivity contribution in [3.8, 4) is 0 Å². The molecule has 0 aliphatic heterocycles. The van der Waals surface area contributed by atoms with Gasteiger partial charge in [0, 0.05) is 6.42 Å². The second-order valence-electron chi connectivity index (χ2n) is 6.32. The maximum Gasteiger partial charge on any atom is 0.190 e. The Morgan fingerprint density at radius 3 is 2.38 bits per heavy atom. The first-order chi connectivity index (χ1) is 12.0. The lowest BCUT2D eigenvalue weighted by Crippen LogP contribution is -2.43. The number of nitrogens with zero attached hydrogens (tertiary/aromatic N) is 1. The predicted octanol–water partition coefficient (Wildman–Crippen LogP) is 3.02. The van der Waals surface area contributed by atoms with Gasteiger partial charge >= 0.3 is 0 Å². The number of hydrogen-bond acceptors (Lipinski definition) is 4. The number of aryl methyl sites for hydroxylation is 1. The van der Waals surface area contributed by atoms with E-state index >= 15 is 0 Å². The molecule has 2 rings (SSSR count). The maximum atomic E-state index is 13.0. The van der Waals surface area contributed by atoms with Gasteiger partial charge in [-0.05, 0) is 49.2 Å². The molecule has 0 radical (unpaired) electrons. The van der Waals surface area contributed by atoms with Crippen LogP contribution in [0.4, 0.5) is 10.1 Å². The van der Waals surface area contributed by atoms with Gasteiger partial charge < -0.3 is 5.11 Å². The lowest BCUT2D eigenvalue weighted by Gasteiger charge is -2.22. The molecule has 2 aromatic carbocycles. The van der Waals surface area contributed by atoms with E-state index in [4.69, 9.17) is 6.57 Å². The summed E-state index contributed by atoms with van der Waals surface area (Å²) in [6.45, 7) is 9.90. The van der Waals surface area contributed by atoms with E-state index in [1.54, 1.807) is 25.1 Å². The Labute approximate surface area is 151 Å². The highest BCUT2D eigenvalue weighted by Gasteiger charge is 2.36. The van der Waals surface area contributed by atoms with Crippen molar-refractivity contribution in [2.45, 2.75) is 30.8 Å². The van der Waals surface area contributed by atoms with Crippen LogP contribution < -0.4 is 0 Å². The molecule has 26 heavy (non-hydrogen) atoms. The normalized spacial score (nSPS) is 13.7. The largest absolute Gasteiger partial charge is 0.381 e. The number of halogens is 1. The highest BCUT2D eigenvalue weighted by atomic mass is 32.2. The second-order valence-corrected chi connectivity index (χ2v) is 8.31. The Hall–Kier alpha value is -2.56. The van der Waals surface area contributed by atoms with E-state index in [0.29, 0.717) is 16.8 Å². The fourth-order valence-electron chi connectivity index (χ4n) is 2.50. The summed E-state index contributed by atoms with van der Waals surface area (Å²) in [6.07, 6.45) is -0.162. The van der Waals surface area contributed by atoms with Crippen LogP contribution >= 0.6 is 0 Å². The van der Waals surface area contributed by atoms with Crippen molar-refractivity contribution >= 4 is 21.3 Å². The molecule has 0 saturated heterocycles. The smallest absolute Gasteiger partial charge is 0.190 e. The molecule has 0 unspecified atom stereocenters. The highest BCUT2D eigenvalue weighted by Crippen LogP contribution is 2.23. The third kappa shape index (κ3) is 4.54. The Kier molecular flexibility index (Phi) is 5.59. The van der Waals surface area contributed by atoms with Crippen LogP contribution in [0.3, 0.4) is 0 Å². The zero-order valence-corrected chi connectivity index (χ0v) is 15.2. The molecule has 0 aromatic heterocycles. The first kappa shape index (κ1) is 19.8. The van der Waals surface area contributed by atoms with Gasteiger partial charge in [-0.1, -0.05) is 18.2 Å². The Morgan fingerprint density at radius 1 is 1.23 bits per heavy atom. The number of benzene rings is 2. The van der Waals surface area contributed by atoms with Gasteiger partial charge in [-0.15, -0.1) is 0 Å². The molecule has 5 nitrogen and oxygen atoms in total. The van der Waals surface area contributed by atoms with Crippen LogP contribution in [-0.4, -0.2) is 30.7 Å². The third-order valence-electron chi connectivity index (χ3n) is 3.99. The molecule has 0 fully saturated rings. The molecule has 0 bridgehead atoms. The number of aliphatic hydroxyl groups is 1. The number of Topliss-reactive ketones (excluding diaryl/α,β-unsaturated/α-hetero) is 1. The van der Waals surface area contributed by atoms with E-state index in [1.165, 1.54) is 0 Å². The Balaban J connectivity index is 2.18. The van der Waals surface area contributed by atoms with Gasteiger partial charge in [0.25, 0.3) is 0 Å². The van der Waals surface area contributed by atoms with Crippen molar-refractivity contribution in [2.75, 3.05) is 5.75 Å². The molecule has 0 saturated carbocycles. The summed E-state index contributed by atoms with van der Waals surface area (Å²) in [6, 6.07) is 9.04. The molecule has 7 heteroatoms. The van der Waals surface area contributed by atoms with E-state index < -0.39 is 32.8 Å². The van der Waals surface area contributed by atoms with E-state index in [-0.39, 0.29) is 11.3 Å². The maximum absolute atomic E-state index is 13.0. The number of ketones is 1. The molecule has 0 aliphatic rings. The third-order valence-corrected chi connectivity index (χ3v) is 5.92. The van der Waals surface area contributed by atoms with Gasteiger partial charge in [0.1, 0.15) is 11.4 Å². The van der Waals surface area contributed by atoms with E-state index in [9.17, 15) is 22.7 Å². The van der Waals surface area contributed by atoms with Gasteiger partial charge in [0.2, 0.25) is 0 Å². The minimum absolute atomic E-state index is 0.162. The fourth-order valence-corrected chi connectivity index (χ4v) is 4.12. The summed E-state index contributed by atoms with van der Waals surface area (Å²) < 4.78 is 37.7. The molecule has 1 atom stereocenters. The number of carbonyl (C=O) groups excluding carboxylic acids is 1. The van der Waals surface area contributed by atoms with Crippen LogP contribution in [0.5, 0.6) is 0 Å². The molecule has 0 spiro atoms. The van der Waals surface area contributed by atoms with Crippen molar-refractivity contribution < 1.29 is 22.7 Å². The van der Waals surface area contributed by atoms with Crippen LogP contribution in [-0.2, 0) is 21.1 Å². The van der Waals surface area contributed by atoms with Crippen LogP contribution in [0.1, 0.15) is 18.1 Å². The SMILES string of the molecule is [C-]#[N+]c1ccc(CC(=O)[C@@](C)(O)CS(=O)(=O)c2ccc(F)cc2)cc1C. The average molecular weight is 375 g/mol. The molecule has 136 valence electrons. The number of carbonyl (C=O) groups is 1. The van der Waals surface area contributed by atoms with E-state index in [2.05, 4.69) is 4.85 Å². The first-order valence-corrected chi connectivity index (χ1v) is 9.41. The number of hydrogen-bond donors (Lipinski definition) is 1. The number of rotatable bonds is 6. The van der Waals surface area contributed by atoms with Crippen LogP contribution in [0.25, 0.3) is 4.85 Å². The quantitative estimate of drug-likeness (QED) is 0.622.